The Morgan fingerprint density at radius 1 is 1.16 bits per heavy atom. The fourth-order valence-electron chi connectivity index (χ4n) is 4.51. The number of morpholine rings is 1. The number of ether oxygens (including phenoxy) is 1. The quantitative estimate of drug-likeness (QED) is 0.527. The van der Waals surface area contributed by atoms with Crippen LogP contribution in [-0.4, -0.2) is 85.2 Å². The summed E-state index contributed by atoms with van der Waals surface area (Å²) in [5.74, 6) is -2.65. The number of nitrogens with zero attached hydrogens (tertiary/aromatic N) is 4. The molecule has 1 aromatic carbocycles. The van der Waals surface area contributed by atoms with Gasteiger partial charge in [-0.05, 0) is 25.0 Å². The van der Waals surface area contributed by atoms with E-state index in [0.717, 1.165) is 16.4 Å². The third-order valence-electron chi connectivity index (χ3n) is 6.66. The first-order chi connectivity index (χ1) is 17.4. The van der Waals surface area contributed by atoms with Crippen LogP contribution in [0.15, 0.2) is 18.2 Å². The average Bonchev–Trinajstić information content (AvgIpc) is 3.31. The molecule has 3 saturated heterocycles. The van der Waals surface area contributed by atoms with Crippen LogP contribution >= 0.6 is 0 Å². The zero-order valence-corrected chi connectivity index (χ0v) is 20.4. The van der Waals surface area contributed by atoms with Crippen molar-refractivity contribution in [3.8, 4) is 6.07 Å². The summed E-state index contributed by atoms with van der Waals surface area (Å²) in [5, 5.41) is 11.4. The maximum Gasteiger partial charge on any atom is 0.416 e. The number of amides is 2. The Kier molecular flexibility index (Phi) is 7.75. The molecule has 1 N–H and O–H groups in total. The number of hydrogen-bond donors (Lipinski definition) is 1. The molecule has 2 atom stereocenters. The molecule has 0 aliphatic carbocycles. The smallest absolute Gasteiger partial charge is 0.366 e. The van der Waals surface area contributed by atoms with Crippen LogP contribution in [0.2, 0.25) is 0 Å². The third-order valence-corrected chi connectivity index (χ3v) is 8.59. The second-order valence-electron chi connectivity index (χ2n) is 9.08. The molecule has 15 heteroatoms. The van der Waals surface area contributed by atoms with Gasteiger partial charge in [-0.3, -0.25) is 9.59 Å². The number of likely N-dealkylation sites (tertiary alicyclic amines) is 1. The van der Waals surface area contributed by atoms with Gasteiger partial charge in [0.05, 0.1) is 30.7 Å². The molecule has 3 heterocycles. The Morgan fingerprint density at radius 2 is 1.89 bits per heavy atom. The Hall–Kier alpha value is -2.80. The molecule has 37 heavy (non-hydrogen) atoms. The molecule has 3 fully saturated rings. The van der Waals surface area contributed by atoms with Crippen molar-refractivity contribution >= 4 is 22.0 Å². The zero-order valence-electron chi connectivity index (χ0n) is 19.6. The second-order valence-corrected chi connectivity index (χ2v) is 11.0. The predicted molar refractivity (Wildman–Crippen MR) is 119 cm³/mol. The summed E-state index contributed by atoms with van der Waals surface area (Å²) in [4.78, 5) is 27.2. The molecular weight excluding hydrogens is 522 g/mol. The van der Waals surface area contributed by atoms with Gasteiger partial charge < -0.3 is 15.0 Å². The highest BCUT2D eigenvalue weighted by molar-refractivity contribution is 7.86. The SMILES string of the molecule is N#CC1CN(S(=O)(=O)N2CCO[C@H](C(=O)N3CCC[C@@H]3C(=O)NCc3ccc(C(F)(F)F)cc3F)C2)C1. The van der Waals surface area contributed by atoms with E-state index < -0.39 is 51.7 Å². The van der Waals surface area contributed by atoms with E-state index in [-0.39, 0.29) is 57.4 Å². The van der Waals surface area contributed by atoms with Gasteiger partial charge in [0.15, 0.2) is 0 Å². The number of nitriles is 1. The van der Waals surface area contributed by atoms with Crippen molar-refractivity contribution < 1.29 is 40.3 Å². The summed E-state index contributed by atoms with van der Waals surface area (Å²) in [5.41, 5.74) is -1.28. The first-order valence-electron chi connectivity index (χ1n) is 11.6. The van der Waals surface area contributed by atoms with Gasteiger partial charge in [0, 0.05) is 38.3 Å². The van der Waals surface area contributed by atoms with E-state index in [2.05, 4.69) is 5.32 Å². The summed E-state index contributed by atoms with van der Waals surface area (Å²) in [6.45, 7) is -0.186. The Bertz CT molecular complexity index is 1200. The topological polar surface area (TPSA) is 123 Å². The highest BCUT2D eigenvalue weighted by Gasteiger charge is 2.44. The molecule has 0 unspecified atom stereocenters. The van der Waals surface area contributed by atoms with E-state index >= 15 is 0 Å². The highest BCUT2D eigenvalue weighted by Crippen LogP contribution is 2.30. The van der Waals surface area contributed by atoms with Gasteiger partial charge in [-0.1, -0.05) is 6.07 Å². The summed E-state index contributed by atoms with van der Waals surface area (Å²) in [6.07, 6.45) is -5.02. The molecule has 3 aliphatic rings. The predicted octanol–water partition coefficient (Wildman–Crippen LogP) is 0.853. The normalized spacial score (nSPS) is 23.9. The highest BCUT2D eigenvalue weighted by atomic mass is 32.2. The van der Waals surface area contributed by atoms with Crippen LogP contribution in [0.3, 0.4) is 0 Å². The summed E-state index contributed by atoms with van der Waals surface area (Å²) in [6, 6.07) is 3.11. The number of halogens is 4. The van der Waals surface area contributed by atoms with Gasteiger partial charge in [-0.25, -0.2) is 4.39 Å². The Morgan fingerprint density at radius 3 is 2.54 bits per heavy atom. The number of alkyl halides is 3. The van der Waals surface area contributed by atoms with Crippen molar-refractivity contribution in [1.82, 2.24) is 18.8 Å². The van der Waals surface area contributed by atoms with Crippen LogP contribution in [0.4, 0.5) is 17.6 Å². The largest absolute Gasteiger partial charge is 0.416 e. The molecule has 1 aromatic rings. The zero-order chi connectivity index (χ0) is 27.0. The maximum absolute atomic E-state index is 14.1. The van der Waals surface area contributed by atoms with Crippen LogP contribution in [0.5, 0.6) is 0 Å². The van der Waals surface area contributed by atoms with Crippen molar-refractivity contribution in [2.75, 3.05) is 39.3 Å². The number of benzene rings is 1. The van der Waals surface area contributed by atoms with Crippen LogP contribution in [-0.2, 0) is 37.3 Å². The fraction of sp³-hybridized carbons (Fsp3) is 0.591. The molecular formula is C22H25F4N5O5S. The van der Waals surface area contributed by atoms with E-state index in [1.807, 2.05) is 6.07 Å². The molecule has 0 bridgehead atoms. The lowest BCUT2D eigenvalue weighted by atomic mass is 10.1. The van der Waals surface area contributed by atoms with Crippen molar-refractivity contribution in [2.24, 2.45) is 5.92 Å². The number of carbonyl (C=O) groups excluding carboxylic acids is 2. The van der Waals surface area contributed by atoms with Gasteiger partial charge in [0.1, 0.15) is 18.0 Å². The van der Waals surface area contributed by atoms with Crippen molar-refractivity contribution in [1.29, 1.82) is 5.26 Å². The lowest BCUT2D eigenvalue weighted by Crippen LogP contribution is -2.60. The minimum atomic E-state index is -4.70. The summed E-state index contributed by atoms with van der Waals surface area (Å²) < 4.78 is 85.8. The molecule has 3 aliphatic heterocycles. The van der Waals surface area contributed by atoms with Crippen LogP contribution in [0.1, 0.15) is 24.0 Å². The molecule has 0 saturated carbocycles. The van der Waals surface area contributed by atoms with E-state index in [1.54, 1.807) is 0 Å². The van der Waals surface area contributed by atoms with E-state index in [9.17, 15) is 35.6 Å². The van der Waals surface area contributed by atoms with Crippen molar-refractivity contribution in [3.05, 3.63) is 35.1 Å². The molecule has 0 aromatic heterocycles. The molecule has 4 rings (SSSR count). The third kappa shape index (κ3) is 5.71. The van der Waals surface area contributed by atoms with Gasteiger partial charge in [0.2, 0.25) is 5.91 Å². The average molecular weight is 548 g/mol. The first-order valence-corrected chi connectivity index (χ1v) is 13.0. The molecule has 2 amide bonds. The van der Waals surface area contributed by atoms with E-state index in [0.29, 0.717) is 18.9 Å². The van der Waals surface area contributed by atoms with Gasteiger partial charge in [-0.15, -0.1) is 0 Å². The van der Waals surface area contributed by atoms with Crippen LogP contribution < -0.4 is 5.32 Å². The second kappa shape index (κ2) is 10.5. The lowest BCUT2D eigenvalue weighted by Gasteiger charge is -2.40. The van der Waals surface area contributed by atoms with Crippen LogP contribution in [0, 0.1) is 23.1 Å². The molecule has 0 radical (unpaired) electrons. The minimum absolute atomic E-state index is 0.0247. The Balaban J connectivity index is 1.36. The first kappa shape index (κ1) is 27.2. The fourth-order valence-corrected chi connectivity index (χ4v) is 6.20. The summed E-state index contributed by atoms with van der Waals surface area (Å²) >= 11 is 0. The molecule has 202 valence electrons. The molecule has 10 nitrogen and oxygen atoms in total. The number of carbonyl (C=O) groups is 2. The van der Waals surface area contributed by atoms with Gasteiger partial charge in [-0.2, -0.15) is 35.5 Å². The Labute approximate surface area is 210 Å². The number of nitrogens with one attached hydrogen (secondary N) is 1. The lowest BCUT2D eigenvalue weighted by molar-refractivity contribution is -0.151. The van der Waals surface area contributed by atoms with E-state index in [4.69, 9.17) is 10.00 Å². The monoisotopic (exact) mass is 547 g/mol. The standard InChI is InChI=1S/C22H25F4N5O5S/c23-17-8-16(22(24,25)26)4-3-15(17)10-28-20(32)18-2-1-5-31(18)21(33)19-13-29(6-7-36-19)37(34,35)30-11-14(9-27)12-30/h3-4,8,14,18-19H,1-2,5-7,10-13H2,(H,28,32)/t18-,19+/m1/s1. The number of hydrogen-bond acceptors (Lipinski definition) is 6. The van der Waals surface area contributed by atoms with Crippen LogP contribution in [0.25, 0.3) is 0 Å². The maximum atomic E-state index is 14.1. The number of rotatable bonds is 6. The molecule has 0 spiro atoms. The minimum Gasteiger partial charge on any atom is -0.366 e. The van der Waals surface area contributed by atoms with Gasteiger partial charge in [0.25, 0.3) is 16.1 Å². The van der Waals surface area contributed by atoms with Gasteiger partial charge >= 0.3 is 6.18 Å². The summed E-state index contributed by atoms with van der Waals surface area (Å²) in [7, 11) is -3.86. The van der Waals surface area contributed by atoms with Crippen molar-refractivity contribution in [2.45, 2.75) is 37.7 Å². The van der Waals surface area contributed by atoms with E-state index in [1.165, 1.54) is 9.21 Å². The van der Waals surface area contributed by atoms with Crippen molar-refractivity contribution in [3.63, 3.8) is 0 Å².